The number of anilines is 2. The van der Waals surface area contributed by atoms with Crippen LogP contribution < -0.4 is 15.5 Å². The molecule has 2 N–H and O–H groups in total. The van der Waals surface area contributed by atoms with E-state index >= 15 is 0 Å². The van der Waals surface area contributed by atoms with Gasteiger partial charge in [-0.25, -0.2) is 15.0 Å². The van der Waals surface area contributed by atoms with Gasteiger partial charge >= 0.3 is 0 Å². The summed E-state index contributed by atoms with van der Waals surface area (Å²) in [5.74, 6) is 1.55. The molecule has 3 heterocycles. The smallest absolute Gasteiger partial charge is 0.288 e. The zero-order valence-corrected chi connectivity index (χ0v) is 15.0. The molecule has 1 amide bonds. The fourth-order valence-electron chi connectivity index (χ4n) is 2.95. The van der Waals surface area contributed by atoms with Gasteiger partial charge in [-0.15, -0.1) is 0 Å². The van der Waals surface area contributed by atoms with Crippen LogP contribution in [0.4, 0.5) is 11.6 Å². The predicted molar refractivity (Wildman–Crippen MR) is 95.9 cm³/mol. The fourth-order valence-corrected chi connectivity index (χ4v) is 2.95. The molecule has 0 spiro atoms. The van der Waals surface area contributed by atoms with E-state index in [-0.39, 0.29) is 17.8 Å². The van der Waals surface area contributed by atoms with Crippen LogP contribution in [-0.4, -0.2) is 52.0 Å². The molecule has 0 radical (unpaired) electrons. The average Bonchev–Trinajstić information content (AvgIpc) is 3.04. The first-order chi connectivity index (χ1) is 12.0. The minimum Gasteiger partial charge on any atom is -0.364 e. The lowest BCUT2D eigenvalue weighted by atomic mass is 10.2. The Morgan fingerprint density at radius 1 is 1.20 bits per heavy atom. The molecular formula is C17H23N7O. The van der Waals surface area contributed by atoms with E-state index in [2.05, 4.69) is 35.5 Å². The van der Waals surface area contributed by atoms with Crippen molar-refractivity contribution in [3.63, 3.8) is 0 Å². The maximum atomic E-state index is 11.9. The van der Waals surface area contributed by atoms with Gasteiger partial charge < -0.3 is 15.5 Å². The highest BCUT2D eigenvalue weighted by Crippen LogP contribution is 2.25. The van der Waals surface area contributed by atoms with Gasteiger partial charge in [0.25, 0.3) is 5.91 Å². The lowest BCUT2D eigenvalue weighted by Gasteiger charge is -2.21. The summed E-state index contributed by atoms with van der Waals surface area (Å²) in [7, 11) is 1.58. The third kappa shape index (κ3) is 3.67. The lowest BCUT2D eigenvalue weighted by molar-refractivity contribution is 0.0952. The number of carbonyl (C=O) groups excluding carboxylic acids is 1. The first-order valence-corrected chi connectivity index (χ1v) is 8.35. The van der Waals surface area contributed by atoms with Gasteiger partial charge in [-0.3, -0.25) is 9.78 Å². The van der Waals surface area contributed by atoms with Gasteiger partial charge in [-0.2, -0.15) is 0 Å². The van der Waals surface area contributed by atoms with E-state index in [0.717, 1.165) is 48.1 Å². The van der Waals surface area contributed by atoms with Crippen LogP contribution in [0, 0.1) is 20.8 Å². The second kappa shape index (κ2) is 7.00. The fraction of sp³-hybridized carbons (Fsp3) is 0.471. The summed E-state index contributed by atoms with van der Waals surface area (Å²) >= 11 is 0. The van der Waals surface area contributed by atoms with Crippen molar-refractivity contribution in [1.82, 2.24) is 25.3 Å². The van der Waals surface area contributed by atoms with Crippen LogP contribution in [-0.2, 0) is 0 Å². The summed E-state index contributed by atoms with van der Waals surface area (Å²) in [5, 5.41) is 6.01. The summed E-state index contributed by atoms with van der Waals surface area (Å²) < 4.78 is 0. The molecule has 2 aromatic heterocycles. The van der Waals surface area contributed by atoms with E-state index in [1.807, 2.05) is 20.8 Å². The molecule has 25 heavy (non-hydrogen) atoms. The minimum atomic E-state index is -0.270. The molecule has 8 heteroatoms. The van der Waals surface area contributed by atoms with E-state index in [9.17, 15) is 4.79 Å². The Hall–Kier alpha value is -2.77. The van der Waals surface area contributed by atoms with Crippen LogP contribution in [0.5, 0.6) is 0 Å². The molecule has 3 rings (SSSR count). The minimum absolute atomic E-state index is 0.210. The Labute approximate surface area is 147 Å². The van der Waals surface area contributed by atoms with Gasteiger partial charge in [-0.1, -0.05) is 0 Å². The van der Waals surface area contributed by atoms with Crippen molar-refractivity contribution in [3.05, 3.63) is 35.2 Å². The molecule has 0 aromatic carbocycles. The third-order valence-electron chi connectivity index (χ3n) is 4.39. The number of hydrogen-bond donors (Lipinski definition) is 2. The van der Waals surface area contributed by atoms with Crippen molar-refractivity contribution in [2.24, 2.45) is 0 Å². The Balaban J connectivity index is 1.77. The predicted octanol–water partition coefficient (Wildman–Crippen LogP) is 1.24. The Morgan fingerprint density at radius 2 is 2.00 bits per heavy atom. The molecule has 2 aromatic rings. The summed E-state index contributed by atoms with van der Waals surface area (Å²) in [6.45, 7) is 7.47. The molecule has 132 valence electrons. The van der Waals surface area contributed by atoms with Gasteiger partial charge in [0.05, 0.1) is 11.9 Å². The van der Waals surface area contributed by atoms with Gasteiger partial charge in [0.1, 0.15) is 11.6 Å². The zero-order valence-electron chi connectivity index (χ0n) is 15.0. The second-order valence-corrected chi connectivity index (χ2v) is 6.28. The van der Waals surface area contributed by atoms with E-state index in [4.69, 9.17) is 0 Å². The number of amides is 1. The molecule has 1 aliphatic heterocycles. The van der Waals surface area contributed by atoms with Gasteiger partial charge in [0.2, 0.25) is 5.82 Å². The normalized spacial score (nSPS) is 16.8. The molecule has 0 saturated carbocycles. The SMILES string of the molecule is CNC(=O)c1nc(C)c(C)c(N2CC[C@@H](Nc3cncc(C)n3)C2)n1. The topological polar surface area (TPSA) is 95.9 Å². The van der Waals surface area contributed by atoms with E-state index in [1.165, 1.54) is 0 Å². The first kappa shape index (κ1) is 17.1. The van der Waals surface area contributed by atoms with Gasteiger partial charge in [-0.05, 0) is 27.2 Å². The summed E-state index contributed by atoms with van der Waals surface area (Å²) in [6.07, 6.45) is 4.44. The van der Waals surface area contributed by atoms with Gasteiger partial charge in [0.15, 0.2) is 0 Å². The van der Waals surface area contributed by atoms with Crippen LogP contribution in [0.25, 0.3) is 0 Å². The van der Waals surface area contributed by atoms with Crippen molar-refractivity contribution < 1.29 is 4.79 Å². The van der Waals surface area contributed by atoms with Crippen LogP contribution in [0.3, 0.4) is 0 Å². The van der Waals surface area contributed by atoms with Crippen molar-refractivity contribution in [2.75, 3.05) is 30.4 Å². The maximum absolute atomic E-state index is 11.9. The Kier molecular flexibility index (Phi) is 4.78. The lowest BCUT2D eigenvalue weighted by Crippen LogP contribution is -2.29. The van der Waals surface area contributed by atoms with Crippen molar-refractivity contribution in [3.8, 4) is 0 Å². The highest BCUT2D eigenvalue weighted by Gasteiger charge is 2.26. The van der Waals surface area contributed by atoms with Crippen LogP contribution in [0.15, 0.2) is 12.4 Å². The average molecular weight is 341 g/mol. The van der Waals surface area contributed by atoms with Crippen LogP contribution in [0.1, 0.15) is 34.0 Å². The van der Waals surface area contributed by atoms with Crippen LogP contribution >= 0.6 is 0 Å². The second-order valence-electron chi connectivity index (χ2n) is 6.28. The number of carbonyl (C=O) groups is 1. The molecule has 8 nitrogen and oxygen atoms in total. The van der Waals surface area contributed by atoms with E-state index in [0.29, 0.717) is 0 Å². The third-order valence-corrected chi connectivity index (χ3v) is 4.39. The number of aryl methyl sites for hydroxylation is 2. The summed E-state index contributed by atoms with van der Waals surface area (Å²) in [5.41, 5.74) is 2.71. The van der Waals surface area contributed by atoms with E-state index in [1.54, 1.807) is 19.4 Å². The number of nitrogens with one attached hydrogen (secondary N) is 2. The summed E-state index contributed by atoms with van der Waals surface area (Å²) in [4.78, 5) is 31.5. The summed E-state index contributed by atoms with van der Waals surface area (Å²) in [6, 6.07) is 0.259. The van der Waals surface area contributed by atoms with E-state index < -0.39 is 0 Å². The number of aromatic nitrogens is 4. The van der Waals surface area contributed by atoms with Crippen molar-refractivity contribution >= 4 is 17.5 Å². The molecule has 0 unspecified atom stereocenters. The number of nitrogens with zero attached hydrogens (tertiary/aromatic N) is 5. The van der Waals surface area contributed by atoms with Gasteiger partial charge in [0, 0.05) is 43.6 Å². The molecule has 1 saturated heterocycles. The molecular weight excluding hydrogens is 318 g/mol. The molecule has 0 aliphatic carbocycles. The molecule has 1 fully saturated rings. The maximum Gasteiger partial charge on any atom is 0.288 e. The quantitative estimate of drug-likeness (QED) is 0.864. The van der Waals surface area contributed by atoms with Crippen molar-refractivity contribution in [1.29, 1.82) is 0 Å². The van der Waals surface area contributed by atoms with Crippen LogP contribution in [0.2, 0.25) is 0 Å². The standard InChI is InChI=1S/C17H23N7O/c1-10-7-19-8-14(20-10)22-13-5-6-24(9-13)16-11(2)12(3)21-15(23-16)17(25)18-4/h7-8,13H,5-6,9H2,1-4H3,(H,18,25)(H,20,22)/t13-/m1/s1. The zero-order chi connectivity index (χ0) is 18.0. The van der Waals surface area contributed by atoms with Crippen molar-refractivity contribution in [2.45, 2.75) is 33.2 Å². The largest absolute Gasteiger partial charge is 0.364 e. The molecule has 1 atom stereocenters. The monoisotopic (exact) mass is 341 g/mol. The highest BCUT2D eigenvalue weighted by atomic mass is 16.2. The highest BCUT2D eigenvalue weighted by molar-refractivity contribution is 5.90. The Morgan fingerprint density at radius 3 is 2.72 bits per heavy atom. The first-order valence-electron chi connectivity index (χ1n) is 8.35. The molecule has 1 aliphatic rings. The number of rotatable bonds is 4. The molecule has 0 bridgehead atoms. The number of hydrogen-bond acceptors (Lipinski definition) is 7. The Bertz CT molecular complexity index is 793.